The second-order valence-electron chi connectivity index (χ2n) is 7.18. The van der Waals surface area contributed by atoms with Crippen molar-refractivity contribution in [2.45, 2.75) is 13.8 Å². The summed E-state index contributed by atoms with van der Waals surface area (Å²) in [5.41, 5.74) is 6.17. The Morgan fingerprint density at radius 2 is 0.885 bits per heavy atom. The smallest absolute Gasteiger partial charge is 0.136 e. The summed E-state index contributed by atoms with van der Waals surface area (Å²) in [6, 6.07) is 21.3. The highest BCUT2D eigenvalue weighted by Crippen LogP contribution is 2.40. The lowest BCUT2D eigenvalue weighted by Crippen LogP contribution is -1.77. The normalized spacial score (nSPS) is 12.2. The quantitative estimate of drug-likeness (QED) is 0.292. The van der Waals surface area contributed by atoms with Gasteiger partial charge >= 0.3 is 0 Å². The van der Waals surface area contributed by atoms with E-state index < -0.39 is 0 Å². The van der Waals surface area contributed by atoms with Gasteiger partial charge in [-0.25, -0.2) is 0 Å². The highest BCUT2D eigenvalue weighted by molar-refractivity contribution is 6.27. The van der Waals surface area contributed by atoms with E-state index in [1.54, 1.807) is 0 Å². The average Bonchev–Trinajstić information content (AvgIpc) is 3.17. The monoisotopic (exact) mass is 336 g/mol. The van der Waals surface area contributed by atoms with E-state index in [0.29, 0.717) is 0 Å². The SMILES string of the molecule is Cc1ccc2c(c1)oc1ccc3c(ccc4oc5cc(C)ccc5c43)c12. The summed E-state index contributed by atoms with van der Waals surface area (Å²) in [6.07, 6.45) is 0. The van der Waals surface area contributed by atoms with Crippen LogP contribution in [0.1, 0.15) is 11.1 Å². The molecule has 0 aliphatic heterocycles. The zero-order valence-electron chi connectivity index (χ0n) is 14.6. The molecule has 0 N–H and O–H groups in total. The van der Waals surface area contributed by atoms with Gasteiger partial charge in [-0.05, 0) is 72.1 Å². The van der Waals surface area contributed by atoms with E-state index in [2.05, 4.69) is 74.5 Å². The molecule has 0 fully saturated rings. The summed E-state index contributed by atoms with van der Waals surface area (Å²) in [5, 5.41) is 7.11. The van der Waals surface area contributed by atoms with Gasteiger partial charge in [0.25, 0.3) is 0 Å². The molecule has 6 aromatic rings. The molecule has 0 amide bonds. The predicted molar refractivity (Wildman–Crippen MR) is 108 cm³/mol. The van der Waals surface area contributed by atoms with Crippen LogP contribution in [-0.2, 0) is 0 Å². The molecule has 26 heavy (non-hydrogen) atoms. The molecule has 0 saturated carbocycles. The van der Waals surface area contributed by atoms with Crippen molar-refractivity contribution in [1.82, 2.24) is 0 Å². The van der Waals surface area contributed by atoms with Crippen molar-refractivity contribution >= 4 is 54.6 Å². The van der Waals surface area contributed by atoms with Gasteiger partial charge in [0.2, 0.25) is 0 Å². The number of aryl methyl sites for hydroxylation is 2. The van der Waals surface area contributed by atoms with E-state index in [1.165, 1.54) is 43.4 Å². The first-order valence-corrected chi connectivity index (χ1v) is 8.86. The molecule has 2 nitrogen and oxygen atoms in total. The third kappa shape index (κ3) is 1.71. The lowest BCUT2D eigenvalue weighted by molar-refractivity contribution is 0.668. The first kappa shape index (κ1) is 14.0. The molecule has 0 atom stereocenters. The van der Waals surface area contributed by atoms with Crippen molar-refractivity contribution in [2.24, 2.45) is 0 Å². The third-order valence-corrected chi connectivity index (χ3v) is 5.38. The molecule has 0 saturated heterocycles. The molecule has 0 spiro atoms. The van der Waals surface area contributed by atoms with Crippen LogP contribution in [0.5, 0.6) is 0 Å². The molecule has 6 rings (SSSR count). The minimum absolute atomic E-state index is 0.932. The summed E-state index contributed by atoms with van der Waals surface area (Å²) in [7, 11) is 0. The van der Waals surface area contributed by atoms with Crippen LogP contribution in [-0.4, -0.2) is 0 Å². The summed E-state index contributed by atoms with van der Waals surface area (Å²) in [4.78, 5) is 0. The highest BCUT2D eigenvalue weighted by Gasteiger charge is 2.15. The van der Waals surface area contributed by atoms with Gasteiger partial charge in [0.1, 0.15) is 22.3 Å². The maximum Gasteiger partial charge on any atom is 0.136 e. The van der Waals surface area contributed by atoms with Crippen LogP contribution < -0.4 is 0 Å². The van der Waals surface area contributed by atoms with E-state index in [9.17, 15) is 0 Å². The molecule has 0 aliphatic carbocycles. The van der Waals surface area contributed by atoms with Crippen LogP contribution in [0.15, 0.2) is 69.5 Å². The predicted octanol–water partition coefficient (Wildman–Crippen LogP) is 7.26. The molecular formula is C24H16O2. The van der Waals surface area contributed by atoms with Gasteiger partial charge in [-0.3, -0.25) is 0 Å². The topological polar surface area (TPSA) is 26.3 Å². The molecule has 2 heteroatoms. The average molecular weight is 336 g/mol. The van der Waals surface area contributed by atoms with E-state index in [4.69, 9.17) is 8.83 Å². The second kappa shape index (κ2) is 4.67. The van der Waals surface area contributed by atoms with Gasteiger partial charge in [-0.2, -0.15) is 0 Å². The Bertz CT molecular complexity index is 1380. The highest BCUT2D eigenvalue weighted by atomic mass is 16.3. The Morgan fingerprint density at radius 1 is 0.462 bits per heavy atom. The molecule has 2 aromatic heterocycles. The van der Waals surface area contributed by atoms with Crippen molar-refractivity contribution in [2.75, 3.05) is 0 Å². The lowest BCUT2D eigenvalue weighted by Gasteiger charge is -2.02. The Labute approximate surface area is 149 Å². The first-order chi connectivity index (χ1) is 12.7. The van der Waals surface area contributed by atoms with Crippen LogP contribution in [0.3, 0.4) is 0 Å². The summed E-state index contributed by atoms with van der Waals surface area (Å²) >= 11 is 0. The minimum atomic E-state index is 0.932. The van der Waals surface area contributed by atoms with Gasteiger partial charge in [0.15, 0.2) is 0 Å². The van der Waals surface area contributed by atoms with E-state index in [-0.39, 0.29) is 0 Å². The van der Waals surface area contributed by atoms with Crippen molar-refractivity contribution in [3.8, 4) is 0 Å². The van der Waals surface area contributed by atoms with E-state index in [0.717, 1.165) is 22.3 Å². The maximum atomic E-state index is 6.11. The zero-order chi connectivity index (χ0) is 17.4. The number of benzene rings is 4. The molecule has 0 bridgehead atoms. The lowest BCUT2D eigenvalue weighted by atomic mass is 9.99. The van der Waals surface area contributed by atoms with E-state index in [1.807, 2.05) is 0 Å². The van der Waals surface area contributed by atoms with Crippen molar-refractivity contribution in [3.05, 3.63) is 71.8 Å². The van der Waals surface area contributed by atoms with Crippen LogP contribution in [0.4, 0.5) is 0 Å². The fourth-order valence-electron chi connectivity index (χ4n) is 4.17. The largest absolute Gasteiger partial charge is 0.456 e. The van der Waals surface area contributed by atoms with Crippen LogP contribution in [0.2, 0.25) is 0 Å². The van der Waals surface area contributed by atoms with E-state index >= 15 is 0 Å². The van der Waals surface area contributed by atoms with Crippen LogP contribution >= 0.6 is 0 Å². The van der Waals surface area contributed by atoms with Gasteiger partial charge < -0.3 is 8.83 Å². The molecular weight excluding hydrogens is 320 g/mol. The molecule has 0 unspecified atom stereocenters. The van der Waals surface area contributed by atoms with Gasteiger partial charge in [-0.15, -0.1) is 0 Å². The summed E-state index contributed by atoms with van der Waals surface area (Å²) in [6.45, 7) is 4.18. The Morgan fingerprint density at radius 3 is 1.35 bits per heavy atom. The first-order valence-electron chi connectivity index (χ1n) is 8.86. The number of hydrogen-bond acceptors (Lipinski definition) is 2. The summed E-state index contributed by atoms with van der Waals surface area (Å²) < 4.78 is 12.2. The van der Waals surface area contributed by atoms with Gasteiger partial charge in [0.05, 0.1) is 0 Å². The number of hydrogen-bond donors (Lipinski definition) is 0. The van der Waals surface area contributed by atoms with Crippen LogP contribution in [0.25, 0.3) is 54.6 Å². The van der Waals surface area contributed by atoms with Crippen molar-refractivity contribution in [1.29, 1.82) is 0 Å². The number of furan rings is 2. The van der Waals surface area contributed by atoms with Gasteiger partial charge in [0, 0.05) is 21.5 Å². The Balaban J connectivity index is 1.87. The zero-order valence-corrected chi connectivity index (χ0v) is 14.6. The van der Waals surface area contributed by atoms with Gasteiger partial charge in [-0.1, -0.05) is 24.3 Å². The number of fused-ring (bicyclic) bond motifs is 9. The molecule has 0 aliphatic rings. The molecule has 0 radical (unpaired) electrons. The minimum Gasteiger partial charge on any atom is -0.456 e. The Hall–Kier alpha value is -3.26. The van der Waals surface area contributed by atoms with Crippen LogP contribution in [0, 0.1) is 13.8 Å². The molecule has 2 heterocycles. The molecule has 124 valence electrons. The van der Waals surface area contributed by atoms with Crippen molar-refractivity contribution in [3.63, 3.8) is 0 Å². The maximum absolute atomic E-state index is 6.11. The Kier molecular flexibility index (Phi) is 2.51. The summed E-state index contributed by atoms with van der Waals surface area (Å²) in [5.74, 6) is 0. The molecule has 4 aromatic carbocycles. The number of rotatable bonds is 0. The fraction of sp³-hybridized carbons (Fsp3) is 0.0833. The second-order valence-corrected chi connectivity index (χ2v) is 7.18. The van der Waals surface area contributed by atoms with Crippen molar-refractivity contribution < 1.29 is 8.83 Å². The standard InChI is InChI=1S/C24H16O2/c1-13-3-5-17-21(11-13)25-19-9-7-16-15(23(17)19)8-10-20-24(16)18-6-4-14(2)12-22(18)26-20/h3-12H,1-2H3. The fourth-order valence-corrected chi connectivity index (χ4v) is 4.17. The third-order valence-electron chi connectivity index (χ3n) is 5.38.